The minimum Gasteiger partial charge on any atom is -0.508 e. The molecule has 0 saturated carbocycles. The molecule has 2 aromatic carbocycles. The van der Waals surface area contributed by atoms with E-state index in [9.17, 15) is 9.90 Å². The Labute approximate surface area is 151 Å². The summed E-state index contributed by atoms with van der Waals surface area (Å²) >= 11 is 0. The zero-order valence-electron chi connectivity index (χ0n) is 14.7. The van der Waals surface area contributed by atoms with E-state index in [1.54, 1.807) is 30.3 Å². The molecule has 0 radical (unpaired) electrons. The van der Waals surface area contributed by atoms with Crippen LogP contribution in [0, 0.1) is 13.8 Å². The number of nitrogens with one attached hydrogen (secondary N) is 1. The van der Waals surface area contributed by atoms with Crippen LogP contribution >= 0.6 is 0 Å². The second-order valence-corrected chi connectivity index (χ2v) is 6.08. The molecule has 26 heavy (non-hydrogen) atoms. The topological polar surface area (TPSA) is 79.5 Å². The summed E-state index contributed by atoms with van der Waals surface area (Å²) in [5, 5.41) is 17.6. The number of carbonyl (C=O) groups excluding carboxylic acids is 1. The van der Waals surface area contributed by atoms with E-state index in [0.29, 0.717) is 12.1 Å². The fourth-order valence-electron chi connectivity index (χ4n) is 2.61. The van der Waals surface area contributed by atoms with Crippen LogP contribution in [0.25, 0.3) is 0 Å². The first-order chi connectivity index (χ1) is 12.5. The monoisotopic (exact) mass is 348 g/mol. The van der Waals surface area contributed by atoms with E-state index >= 15 is 0 Å². The lowest BCUT2D eigenvalue weighted by molar-refractivity contribution is 0.0955. The minimum atomic E-state index is -0.282. The van der Waals surface area contributed by atoms with Crippen LogP contribution in [-0.4, -0.2) is 27.0 Å². The van der Waals surface area contributed by atoms with E-state index in [0.717, 1.165) is 22.5 Å². The highest BCUT2D eigenvalue weighted by Gasteiger charge is 2.07. The van der Waals surface area contributed by atoms with Crippen LogP contribution in [0.15, 0.2) is 59.7 Å². The zero-order valence-corrected chi connectivity index (χ0v) is 14.7. The van der Waals surface area contributed by atoms with Gasteiger partial charge in [-0.25, -0.2) is 5.43 Å². The second kappa shape index (κ2) is 7.65. The number of nitrogens with zero attached hydrogens (tertiary/aromatic N) is 3. The molecular weight excluding hydrogens is 328 g/mol. The maximum absolute atomic E-state index is 12.3. The lowest BCUT2D eigenvalue weighted by atomic mass is 10.1. The van der Waals surface area contributed by atoms with Gasteiger partial charge in [0.25, 0.3) is 5.91 Å². The van der Waals surface area contributed by atoms with E-state index in [4.69, 9.17) is 0 Å². The minimum absolute atomic E-state index is 0.186. The Morgan fingerprint density at radius 1 is 1.19 bits per heavy atom. The van der Waals surface area contributed by atoms with Crippen molar-refractivity contribution in [2.24, 2.45) is 5.10 Å². The number of hydrogen-bond acceptors (Lipinski definition) is 4. The van der Waals surface area contributed by atoms with Gasteiger partial charge in [0, 0.05) is 11.3 Å². The van der Waals surface area contributed by atoms with Gasteiger partial charge in [0.15, 0.2) is 0 Å². The van der Waals surface area contributed by atoms with Crippen molar-refractivity contribution in [3.8, 4) is 5.75 Å². The zero-order chi connectivity index (χ0) is 18.5. The molecule has 1 heterocycles. The van der Waals surface area contributed by atoms with E-state index in [1.165, 1.54) is 6.21 Å². The Balaban J connectivity index is 1.66. The molecule has 0 spiro atoms. The third kappa shape index (κ3) is 4.36. The highest BCUT2D eigenvalue weighted by molar-refractivity contribution is 5.95. The molecule has 1 amide bonds. The number of hydrazone groups is 1. The van der Waals surface area contributed by atoms with Gasteiger partial charge in [0.2, 0.25) is 0 Å². The molecule has 0 aliphatic rings. The summed E-state index contributed by atoms with van der Waals surface area (Å²) in [6.07, 6.45) is 1.52. The highest BCUT2D eigenvalue weighted by atomic mass is 16.3. The molecule has 0 unspecified atom stereocenters. The number of amides is 1. The van der Waals surface area contributed by atoms with Gasteiger partial charge in [0.05, 0.1) is 18.5 Å². The molecule has 0 saturated heterocycles. The van der Waals surface area contributed by atoms with Crippen molar-refractivity contribution in [3.63, 3.8) is 0 Å². The van der Waals surface area contributed by atoms with Gasteiger partial charge in [-0.15, -0.1) is 0 Å². The standard InChI is InChI=1S/C20H20N4O2/c1-14-10-15(2)24(23-14)13-17-4-3-5-18(11-17)20(26)22-21-12-16-6-8-19(25)9-7-16/h3-12,25H,13H2,1-2H3,(H,22,26). The Hall–Kier alpha value is -3.41. The Bertz CT molecular complexity index is 943. The van der Waals surface area contributed by atoms with Crippen molar-refractivity contribution >= 4 is 12.1 Å². The largest absolute Gasteiger partial charge is 0.508 e. The highest BCUT2D eigenvalue weighted by Crippen LogP contribution is 2.10. The number of hydrogen-bond donors (Lipinski definition) is 2. The van der Waals surface area contributed by atoms with Gasteiger partial charge in [-0.2, -0.15) is 10.2 Å². The number of rotatable bonds is 5. The lowest BCUT2D eigenvalue weighted by Gasteiger charge is -2.06. The predicted octanol–water partition coefficient (Wildman–Crippen LogP) is 3.02. The van der Waals surface area contributed by atoms with Gasteiger partial charge in [-0.1, -0.05) is 12.1 Å². The summed E-state index contributed by atoms with van der Waals surface area (Å²) in [5.41, 5.74) is 6.87. The average molecular weight is 348 g/mol. The maximum atomic E-state index is 12.3. The Morgan fingerprint density at radius 3 is 2.65 bits per heavy atom. The van der Waals surface area contributed by atoms with E-state index in [-0.39, 0.29) is 11.7 Å². The first kappa shape index (κ1) is 17.4. The summed E-state index contributed by atoms with van der Waals surface area (Å²) in [6.45, 7) is 4.58. The Kier molecular flexibility index (Phi) is 5.12. The van der Waals surface area contributed by atoms with Gasteiger partial charge in [0.1, 0.15) is 5.75 Å². The van der Waals surface area contributed by atoms with Crippen molar-refractivity contribution in [2.75, 3.05) is 0 Å². The van der Waals surface area contributed by atoms with Crippen LogP contribution in [0.5, 0.6) is 5.75 Å². The molecule has 3 rings (SSSR count). The van der Waals surface area contributed by atoms with Crippen molar-refractivity contribution in [1.29, 1.82) is 0 Å². The van der Waals surface area contributed by atoms with E-state index < -0.39 is 0 Å². The fourth-order valence-corrected chi connectivity index (χ4v) is 2.61. The maximum Gasteiger partial charge on any atom is 0.271 e. The molecule has 3 aromatic rings. The molecule has 0 aliphatic heterocycles. The van der Waals surface area contributed by atoms with Gasteiger partial charge < -0.3 is 5.11 Å². The number of aryl methyl sites for hydroxylation is 2. The molecule has 0 aliphatic carbocycles. The van der Waals surface area contributed by atoms with Gasteiger partial charge >= 0.3 is 0 Å². The number of aromatic nitrogens is 2. The SMILES string of the molecule is Cc1cc(C)n(Cc2cccc(C(=O)NN=Cc3ccc(O)cc3)c2)n1. The van der Waals surface area contributed by atoms with Crippen molar-refractivity contribution in [3.05, 3.63) is 82.7 Å². The summed E-state index contributed by atoms with van der Waals surface area (Å²) in [4.78, 5) is 12.3. The normalized spacial score (nSPS) is 11.0. The first-order valence-electron chi connectivity index (χ1n) is 8.24. The van der Waals surface area contributed by atoms with Crippen molar-refractivity contribution in [1.82, 2.24) is 15.2 Å². The molecular formula is C20H20N4O2. The summed E-state index contributed by atoms with van der Waals surface area (Å²) in [7, 11) is 0. The molecule has 0 fully saturated rings. The quantitative estimate of drug-likeness (QED) is 0.549. The molecule has 2 N–H and O–H groups in total. The number of carbonyl (C=O) groups is 1. The lowest BCUT2D eigenvalue weighted by Crippen LogP contribution is -2.18. The van der Waals surface area contributed by atoms with Crippen LogP contribution in [0.4, 0.5) is 0 Å². The van der Waals surface area contributed by atoms with Crippen LogP contribution in [0.3, 0.4) is 0 Å². The van der Waals surface area contributed by atoms with Crippen molar-refractivity contribution in [2.45, 2.75) is 20.4 Å². The van der Waals surface area contributed by atoms with E-state index in [2.05, 4.69) is 15.6 Å². The molecule has 1 aromatic heterocycles. The number of phenols is 1. The summed E-state index contributed by atoms with van der Waals surface area (Å²) in [6, 6.07) is 16.0. The summed E-state index contributed by atoms with van der Waals surface area (Å²) < 4.78 is 1.91. The van der Waals surface area contributed by atoms with Crippen molar-refractivity contribution < 1.29 is 9.90 Å². The molecule has 0 bridgehead atoms. The second-order valence-electron chi connectivity index (χ2n) is 6.08. The van der Waals surface area contributed by atoms with Crippen LogP contribution < -0.4 is 5.43 Å². The number of phenolic OH excluding ortho intramolecular Hbond substituents is 1. The molecule has 6 nitrogen and oxygen atoms in total. The number of benzene rings is 2. The van der Waals surface area contributed by atoms with E-state index in [1.807, 2.05) is 42.8 Å². The van der Waals surface area contributed by atoms with Crippen LogP contribution in [-0.2, 0) is 6.54 Å². The third-order valence-electron chi connectivity index (χ3n) is 3.90. The smallest absolute Gasteiger partial charge is 0.271 e. The molecule has 0 atom stereocenters. The van der Waals surface area contributed by atoms with Gasteiger partial charge in [-0.3, -0.25) is 9.48 Å². The third-order valence-corrected chi connectivity index (χ3v) is 3.90. The van der Waals surface area contributed by atoms with Crippen LogP contribution in [0.1, 0.15) is 32.9 Å². The van der Waals surface area contributed by atoms with Gasteiger partial charge in [-0.05, 0) is 67.4 Å². The Morgan fingerprint density at radius 2 is 1.96 bits per heavy atom. The number of aromatic hydroxyl groups is 1. The first-order valence-corrected chi connectivity index (χ1v) is 8.24. The molecule has 6 heteroatoms. The average Bonchev–Trinajstić information content (AvgIpc) is 2.94. The predicted molar refractivity (Wildman–Crippen MR) is 100 cm³/mol. The fraction of sp³-hybridized carbons (Fsp3) is 0.150. The molecule has 132 valence electrons. The van der Waals surface area contributed by atoms with Crippen LogP contribution in [0.2, 0.25) is 0 Å². The summed E-state index contributed by atoms with van der Waals surface area (Å²) in [5.74, 6) is -0.0964.